The molecule has 0 aliphatic rings. The molecule has 0 atom stereocenters. The second kappa shape index (κ2) is 3.80. The van der Waals surface area contributed by atoms with Crippen molar-refractivity contribution in [1.29, 1.82) is 0 Å². The smallest absolute Gasteiger partial charge is 0.0314 e. The maximum atomic E-state index is 5.56. The Morgan fingerprint density at radius 3 is 2.50 bits per heavy atom. The van der Waals surface area contributed by atoms with Gasteiger partial charge in [0.2, 0.25) is 0 Å². The average molecular weight is 159 g/mol. The van der Waals surface area contributed by atoms with Gasteiger partial charge in [-0.05, 0) is 30.2 Å². The van der Waals surface area contributed by atoms with E-state index in [1.165, 1.54) is 5.56 Å². The summed E-state index contributed by atoms with van der Waals surface area (Å²) < 4.78 is 0. The zero-order valence-corrected chi connectivity index (χ0v) is 7.30. The molecule has 0 saturated carbocycles. The maximum absolute atomic E-state index is 5.56. The van der Waals surface area contributed by atoms with Crippen LogP contribution in [0, 0.1) is 0 Å². The number of nitrogens with two attached hydrogens (primary N) is 1. The van der Waals surface area contributed by atoms with Crippen LogP contribution in [0.5, 0.6) is 0 Å². The van der Waals surface area contributed by atoms with Crippen LogP contribution >= 0.6 is 0 Å². The normalized spacial score (nSPS) is 9.08. The Labute approximate surface area is 73.2 Å². The lowest BCUT2D eigenvalue weighted by Gasteiger charge is -1.99. The summed E-state index contributed by atoms with van der Waals surface area (Å²) in [5, 5.41) is 0. The number of hydrogen-bond donors (Lipinski definition) is 1. The molecule has 0 unspecified atom stereocenters. The Morgan fingerprint density at radius 1 is 1.42 bits per heavy atom. The molecule has 0 heterocycles. The van der Waals surface area contributed by atoms with Crippen molar-refractivity contribution in [2.24, 2.45) is 0 Å². The van der Waals surface area contributed by atoms with Gasteiger partial charge in [-0.1, -0.05) is 18.7 Å². The number of hydrogen-bond acceptors (Lipinski definition) is 1. The predicted molar refractivity (Wildman–Crippen MR) is 52.9 cm³/mol. The Balaban J connectivity index is 2.78. The summed E-state index contributed by atoms with van der Waals surface area (Å²) in [4.78, 5) is 0. The van der Waals surface area contributed by atoms with Crippen LogP contribution in [0.1, 0.15) is 12.5 Å². The van der Waals surface area contributed by atoms with Crippen LogP contribution < -0.4 is 5.73 Å². The van der Waals surface area contributed by atoms with E-state index >= 15 is 0 Å². The molecular formula is C11H13N. The standard InChI is InChI=1S/C11H13N/c1-3-9(2)8-10-4-6-11(12)7-5-10/h4-7H,1,8,12H2,2H3. The van der Waals surface area contributed by atoms with Gasteiger partial charge < -0.3 is 5.73 Å². The van der Waals surface area contributed by atoms with Gasteiger partial charge >= 0.3 is 0 Å². The van der Waals surface area contributed by atoms with E-state index in [0.717, 1.165) is 17.7 Å². The van der Waals surface area contributed by atoms with E-state index in [0.29, 0.717) is 0 Å². The molecule has 0 spiro atoms. The van der Waals surface area contributed by atoms with Crippen molar-refractivity contribution in [3.05, 3.63) is 47.7 Å². The summed E-state index contributed by atoms with van der Waals surface area (Å²) in [6, 6.07) is 7.86. The highest BCUT2D eigenvalue weighted by Gasteiger charge is 1.92. The quantitative estimate of drug-likeness (QED) is 0.521. The first kappa shape index (κ1) is 8.63. The van der Waals surface area contributed by atoms with Crippen LogP contribution in [0.3, 0.4) is 0 Å². The van der Waals surface area contributed by atoms with E-state index in [-0.39, 0.29) is 0 Å². The molecule has 1 aromatic rings. The predicted octanol–water partition coefficient (Wildman–Crippen LogP) is 2.54. The molecule has 62 valence electrons. The molecule has 0 amide bonds. The number of benzene rings is 1. The summed E-state index contributed by atoms with van der Waals surface area (Å²) >= 11 is 0. The van der Waals surface area contributed by atoms with Crippen molar-refractivity contribution in [1.82, 2.24) is 0 Å². The molecule has 12 heavy (non-hydrogen) atoms. The third-order valence-corrected chi connectivity index (χ3v) is 1.75. The highest BCUT2D eigenvalue weighted by molar-refractivity contribution is 5.40. The van der Waals surface area contributed by atoms with Gasteiger partial charge in [0.15, 0.2) is 0 Å². The lowest BCUT2D eigenvalue weighted by atomic mass is 10.1. The first-order chi connectivity index (χ1) is 5.72. The van der Waals surface area contributed by atoms with Crippen molar-refractivity contribution in [2.45, 2.75) is 13.3 Å². The SMILES string of the molecule is C=C=C(C)Cc1ccc(N)cc1. The fraction of sp³-hybridized carbons (Fsp3) is 0.182. The number of anilines is 1. The lowest BCUT2D eigenvalue weighted by Crippen LogP contribution is -1.88. The van der Waals surface area contributed by atoms with Gasteiger partial charge in [0.1, 0.15) is 0 Å². The van der Waals surface area contributed by atoms with E-state index in [1.54, 1.807) is 0 Å². The molecule has 1 heteroatoms. The van der Waals surface area contributed by atoms with Gasteiger partial charge in [0.25, 0.3) is 0 Å². The second-order valence-corrected chi connectivity index (χ2v) is 2.88. The van der Waals surface area contributed by atoms with Crippen LogP contribution in [-0.2, 0) is 6.42 Å². The number of nitrogen functional groups attached to an aromatic ring is 1. The Kier molecular flexibility index (Phi) is 2.73. The molecule has 0 bridgehead atoms. The summed E-state index contributed by atoms with van der Waals surface area (Å²) in [5.74, 6) is 0. The van der Waals surface area contributed by atoms with Crippen molar-refractivity contribution >= 4 is 5.69 Å². The summed E-state index contributed by atoms with van der Waals surface area (Å²) in [6.45, 7) is 5.60. The lowest BCUT2D eigenvalue weighted by molar-refractivity contribution is 1.15. The molecule has 0 radical (unpaired) electrons. The van der Waals surface area contributed by atoms with Crippen LogP contribution in [0.15, 0.2) is 42.1 Å². The largest absolute Gasteiger partial charge is 0.399 e. The number of rotatable bonds is 2. The minimum atomic E-state index is 0.805. The maximum Gasteiger partial charge on any atom is 0.0314 e. The molecule has 1 aromatic carbocycles. The molecule has 0 saturated heterocycles. The van der Waals surface area contributed by atoms with Gasteiger partial charge in [-0.15, -0.1) is 5.73 Å². The van der Waals surface area contributed by atoms with Gasteiger partial charge in [0, 0.05) is 12.1 Å². The van der Waals surface area contributed by atoms with Crippen molar-refractivity contribution in [3.63, 3.8) is 0 Å². The van der Waals surface area contributed by atoms with Crippen LogP contribution in [0.25, 0.3) is 0 Å². The Hall–Kier alpha value is -1.46. The molecule has 2 N–H and O–H groups in total. The minimum Gasteiger partial charge on any atom is -0.399 e. The third kappa shape index (κ3) is 2.30. The molecule has 0 aromatic heterocycles. The minimum absolute atomic E-state index is 0.805. The fourth-order valence-electron chi connectivity index (χ4n) is 1.00. The third-order valence-electron chi connectivity index (χ3n) is 1.75. The van der Waals surface area contributed by atoms with E-state index in [4.69, 9.17) is 5.73 Å². The van der Waals surface area contributed by atoms with Crippen molar-refractivity contribution in [3.8, 4) is 0 Å². The summed E-state index contributed by atoms with van der Waals surface area (Å²) in [5.41, 5.74) is 11.6. The summed E-state index contributed by atoms with van der Waals surface area (Å²) in [7, 11) is 0. The van der Waals surface area contributed by atoms with E-state index < -0.39 is 0 Å². The van der Waals surface area contributed by atoms with Gasteiger partial charge in [-0.25, -0.2) is 0 Å². The van der Waals surface area contributed by atoms with Crippen LogP contribution in [0.4, 0.5) is 5.69 Å². The average Bonchev–Trinajstić information content (AvgIpc) is 2.09. The highest BCUT2D eigenvalue weighted by atomic mass is 14.5. The molecule has 0 aliphatic carbocycles. The van der Waals surface area contributed by atoms with Gasteiger partial charge in [0.05, 0.1) is 0 Å². The van der Waals surface area contributed by atoms with E-state index in [9.17, 15) is 0 Å². The van der Waals surface area contributed by atoms with Gasteiger partial charge in [-0.2, -0.15) is 0 Å². The van der Waals surface area contributed by atoms with E-state index in [1.807, 2.05) is 31.2 Å². The molecule has 1 nitrogen and oxygen atoms in total. The van der Waals surface area contributed by atoms with Gasteiger partial charge in [-0.3, -0.25) is 0 Å². The fourth-order valence-corrected chi connectivity index (χ4v) is 1.00. The summed E-state index contributed by atoms with van der Waals surface area (Å²) in [6.07, 6.45) is 0.907. The molecule has 1 rings (SSSR count). The number of allylic oxidation sites excluding steroid dienone is 1. The van der Waals surface area contributed by atoms with Crippen molar-refractivity contribution in [2.75, 3.05) is 5.73 Å². The molecule has 0 fully saturated rings. The zero-order chi connectivity index (χ0) is 8.97. The zero-order valence-electron chi connectivity index (χ0n) is 7.30. The molecular weight excluding hydrogens is 146 g/mol. The van der Waals surface area contributed by atoms with Crippen LogP contribution in [0.2, 0.25) is 0 Å². The highest BCUT2D eigenvalue weighted by Crippen LogP contribution is 2.09. The second-order valence-electron chi connectivity index (χ2n) is 2.88. The Bertz CT molecular complexity index is 302. The first-order valence-corrected chi connectivity index (χ1v) is 3.92. The van der Waals surface area contributed by atoms with Crippen molar-refractivity contribution < 1.29 is 0 Å². The van der Waals surface area contributed by atoms with E-state index in [2.05, 4.69) is 12.3 Å². The topological polar surface area (TPSA) is 26.0 Å². The monoisotopic (exact) mass is 159 g/mol. The van der Waals surface area contributed by atoms with Crippen LogP contribution in [-0.4, -0.2) is 0 Å². The Morgan fingerprint density at radius 2 is 2.00 bits per heavy atom. The first-order valence-electron chi connectivity index (χ1n) is 3.92. The molecule has 0 aliphatic heterocycles.